The van der Waals surface area contributed by atoms with Gasteiger partial charge in [-0.25, -0.2) is 0 Å². The molecule has 2 rings (SSSR count). The number of aliphatic imine (C=N–C) groups is 1. The molecule has 0 saturated carbocycles. The summed E-state index contributed by atoms with van der Waals surface area (Å²) in [5, 5.41) is 6.57. The molecule has 0 aliphatic carbocycles. The van der Waals surface area contributed by atoms with Gasteiger partial charge in [-0.15, -0.1) is 0 Å². The van der Waals surface area contributed by atoms with Gasteiger partial charge in [0.15, 0.2) is 5.96 Å². The van der Waals surface area contributed by atoms with Gasteiger partial charge in [0.25, 0.3) is 11.8 Å². The third-order valence-corrected chi connectivity index (χ3v) is 5.73. The fraction of sp³-hybridized carbons (Fsp3) is 0.550. The van der Waals surface area contributed by atoms with Crippen molar-refractivity contribution in [1.29, 1.82) is 0 Å². The van der Waals surface area contributed by atoms with Crippen LogP contribution in [0.5, 0.6) is 0 Å². The van der Waals surface area contributed by atoms with Crippen LogP contribution in [0.4, 0.5) is 0 Å². The first-order chi connectivity index (χ1) is 12.9. The molecule has 0 unspecified atom stereocenters. The molecule has 1 heterocycles. The molecule has 0 radical (unpaired) electrons. The van der Waals surface area contributed by atoms with Gasteiger partial charge in [0, 0.05) is 24.4 Å². The van der Waals surface area contributed by atoms with Crippen molar-refractivity contribution >= 4 is 29.5 Å². The molecule has 0 fully saturated rings. The van der Waals surface area contributed by atoms with Gasteiger partial charge in [-0.3, -0.25) is 19.5 Å². The van der Waals surface area contributed by atoms with Crippen LogP contribution in [0.1, 0.15) is 54.3 Å². The largest absolute Gasteiger partial charge is 0.357 e. The molecule has 0 aromatic heterocycles. The van der Waals surface area contributed by atoms with Gasteiger partial charge in [0.05, 0.1) is 17.7 Å². The Bertz CT molecular complexity index is 668. The number of carbonyl (C=O) groups is 2. The Morgan fingerprint density at radius 1 is 1.11 bits per heavy atom. The maximum absolute atomic E-state index is 12.3. The topological polar surface area (TPSA) is 73.8 Å². The second-order valence-corrected chi connectivity index (χ2v) is 8.61. The van der Waals surface area contributed by atoms with E-state index in [9.17, 15) is 9.59 Å². The number of fused-ring (bicyclic) bond motifs is 1. The summed E-state index contributed by atoms with van der Waals surface area (Å²) in [5.41, 5.74) is 1.03. The van der Waals surface area contributed by atoms with E-state index in [2.05, 4.69) is 35.7 Å². The van der Waals surface area contributed by atoms with Crippen LogP contribution >= 0.6 is 11.8 Å². The van der Waals surface area contributed by atoms with Crippen LogP contribution < -0.4 is 10.6 Å². The Balaban J connectivity index is 1.77. The molecule has 0 atom stereocenters. The van der Waals surface area contributed by atoms with Gasteiger partial charge in [0.1, 0.15) is 0 Å². The monoisotopic (exact) mass is 390 g/mol. The summed E-state index contributed by atoms with van der Waals surface area (Å²) in [5.74, 6) is 0.441. The lowest BCUT2D eigenvalue weighted by molar-refractivity contribution is 0.0652. The lowest BCUT2D eigenvalue weighted by atomic mass is 10.1. The second-order valence-electron chi connectivity index (χ2n) is 7.10. The Morgan fingerprint density at radius 2 is 1.74 bits per heavy atom. The standard InChI is InChI=1S/C20H30N4O2S/c1-5-21-19(23-14-20(2,3)27-4)22-12-8-9-13-24-17(25)15-10-6-7-11-16(15)18(24)26/h6-7,10-11H,5,8-9,12-14H2,1-4H3,(H2,21,22,23). The number of amides is 2. The summed E-state index contributed by atoms with van der Waals surface area (Å²) in [6, 6.07) is 7.01. The van der Waals surface area contributed by atoms with Crippen molar-refractivity contribution < 1.29 is 9.59 Å². The van der Waals surface area contributed by atoms with Crippen LogP contribution in [0, 0.1) is 0 Å². The van der Waals surface area contributed by atoms with Gasteiger partial charge >= 0.3 is 0 Å². The number of rotatable bonds is 9. The van der Waals surface area contributed by atoms with Gasteiger partial charge < -0.3 is 10.6 Å². The highest BCUT2D eigenvalue weighted by Gasteiger charge is 2.34. The Morgan fingerprint density at radius 3 is 2.30 bits per heavy atom. The summed E-state index contributed by atoms with van der Waals surface area (Å²) in [4.78, 5) is 30.6. The minimum Gasteiger partial charge on any atom is -0.357 e. The first-order valence-electron chi connectivity index (χ1n) is 9.42. The lowest BCUT2D eigenvalue weighted by Gasteiger charge is -2.20. The summed E-state index contributed by atoms with van der Waals surface area (Å²) in [7, 11) is 0. The fourth-order valence-electron chi connectivity index (χ4n) is 2.72. The van der Waals surface area contributed by atoms with E-state index in [0.29, 0.717) is 17.7 Å². The third-order valence-electron chi connectivity index (χ3n) is 4.49. The number of nitrogens with zero attached hydrogens (tertiary/aromatic N) is 2. The third kappa shape index (κ3) is 5.73. The molecule has 1 aliphatic rings. The molecule has 2 N–H and O–H groups in total. The molecule has 1 aliphatic heterocycles. The second kappa shape index (κ2) is 9.78. The molecule has 1 aromatic rings. The minimum atomic E-state index is -0.183. The first kappa shape index (κ1) is 21.3. The number of imide groups is 1. The number of thioether (sulfide) groups is 1. The summed E-state index contributed by atoms with van der Waals surface area (Å²) in [6.45, 7) is 9.12. The van der Waals surface area contributed by atoms with Crippen molar-refractivity contribution in [3.8, 4) is 0 Å². The zero-order valence-electron chi connectivity index (χ0n) is 16.7. The number of benzene rings is 1. The Hall–Kier alpha value is -2.02. The van der Waals surface area contributed by atoms with E-state index in [1.54, 1.807) is 36.0 Å². The molecular formula is C20H30N4O2S. The number of hydrogen-bond donors (Lipinski definition) is 2. The Labute approximate surface area is 166 Å². The quantitative estimate of drug-likeness (QED) is 0.294. The minimum absolute atomic E-state index is 0.105. The van der Waals surface area contributed by atoms with Crippen LogP contribution in [0.25, 0.3) is 0 Å². The number of unbranched alkanes of at least 4 members (excludes halogenated alkanes) is 1. The maximum Gasteiger partial charge on any atom is 0.261 e. The normalized spacial score (nSPS) is 14.5. The van der Waals surface area contributed by atoms with E-state index < -0.39 is 0 Å². The van der Waals surface area contributed by atoms with Crippen LogP contribution in [-0.2, 0) is 0 Å². The van der Waals surface area contributed by atoms with Crippen molar-refractivity contribution in [2.75, 3.05) is 32.4 Å². The lowest BCUT2D eigenvalue weighted by Crippen LogP contribution is -2.39. The summed E-state index contributed by atoms with van der Waals surface area (Å²) < 4.78 is 0.105. The average Bonchev–Trinajstić information content (AvgIpc) is 2.91. The number of guanidine groups is 1. The molecule has 0 saturated heterocycles. The van der Waals surface area contributed by atoms with E-state index >= 15 is 0 Å². The molecule has 2 amide bonds. The highest BCUT2D eigenvalue weighted by molar-refractivity contribution is 7.99. The SMILES string of the molecule is CCNC(=NCC(C)(C)SC)NCCCCN1C(=O)c2ccccc2C1=O. The van der Waals surface area contributed by atoms with E-state index in [4.69, 9.17) is 0 Å². The molecule has 148 valence electrons. The molecular weight excluding hydrogens is 360 g/mol. The number of hydrogen-bond acceptors (Lipinski definition) is 4. The zero-order valence-corrected chi connectivity index (χ0v) is 17.5. The average molecular weight is 391 g/mol. The van der Waals surface area contributed by atoms with E-state index in [0.717, 1.165) is 38.4 Å². The molecule has 27 heavy (non-hydrogen) atoms. The van der Waals surface area contributed by atoms with Crippen LogP contribution in [0.2, 0.25) is 0 Å². The van der Waals surface area contributed by atoms with E-state index in [1.807, 2.05) is 6.92 Å². The summed E-state index contributed by atoms with van der Waals surface area (Å²) in [6.07, 6.45) is 3.70. The van der Waals surface area contributed by atoms with Crippen molar-refractivity contribution in [1.82, 2.24) is 15.5 Å². The molecule has 1 aromatic carbocycles. The molecule has 0 bridgehead atoms. The Kier molecular flexibility index (Phi) is 7.71. The highest BCUT2D eigenvalue weighted by Crippen LogP contribution is 2.22. The number of nitrogens with one attached hydrogen (secondary N) is 2. The van der Waals surface area contributed by atoms with E-state index in [1.165, 1.54) is 4.90 Å². The van der Waals surface area contributed by atoms with Gasteiger partial charge in [-0.2, -0.15) is 11.8 Å². The van der Waals surface area contributed by atoms with Crippen LogP contribution in [0.3, 0.4) is 0 Å². The van der Waals surface area contributed by atoms with Crippen molar-refractivity contribution in [3.05, 3.63) is 35.4 Å². The predicted octanol–water partition coefficient (Wildman–Crippen LogP) is 2.76. The predicted molar refractivity (Wildman–Crippen MR) is 113 cm³/mol. The van der Waals surface area contributed by atoms with Crippen molar-refractivity contribution in [3.63, 3.8) is 0 Å². The van der Waals surface area contributed by atoms with Gasteiger partial charge in [-0.1, -0.05) is 12.1 Å². The molecule has 0 spiro atoms. The molecule has 6 nitrogen and oxygen atoms in total. The maximum atomic E-state index is 12.3. The van der Waals surface area contributed by atoms with Gasteiger partial charge in [-0.05, 0) is 52.0 Å². The van der Waals surface area contributed by atoms with Crippen LogP contribution in [-0.4, -0.2) is 59.9 Å². The van der Waals surface area contributed by atoms with Crippen molar-refractivity contribution in [2.45, 2.75) is 38.4 Å². The smallest absolute Gasteiger partial charge is 0.261 e. The highest BCUT2D eigenvalue weighted by atomic mass is 32.2. The fourth-order valence-corrected chi connectivity index (χ4v) is 2.91. The number of carbonyl (C=O) groups excluding carboxylic acids is 2. The molecule has 7 heteroatoms. The van der Waals surface area contributed by atoms with Crippen molar-refractivity contribution in [2.24, 2.45) is 4.99 Å². The summed E-state index contributed by atoms with van der Waals surface area (Å²) >= 11 is 1.80. The first-order valence-corrected chi connectivity index (χ1v) is 10.6. The van der Waals surface area contributed by atoms with Gasteiger partial charge in [0.2, 0.25) is 0 Å². The van der Waals surface area contributed by atoms with E-state index in [-0.39, 0.29) is 16.6 Å². The van der Waals surface area contributed by atoms with Crippen LogP contribution in [0.15, 0.2) is 29.3 Å². The zero-order chi connectivity index (χ0) is 19.9.